The SMILES string of the molecule is CCn1c(=O)[nH]c2cc(-c3noc([C@@H]4CC(=O)N(c5cccc(Cl)c5)C4)n3)ccc21. The Bertz CT molecular complexity index is 1320. The number of aromatic nitrogens is 4. The van der Waals surface area contributed by atoms with Gasteiger partial charge in [-0.2, -0.15) is 4.98 Å². The molecular formula is C21H18ClN5O3. The summed E-state index contributed by atoms with van der Waals surface area (Å²) in [4.78, 5) is 33.6. The van der Waals surface area contributed by atoms with E-state index in [9.17, 15) is 9.59 Å². The van der Waals surface area contributed by atoms with Crippen LogP contribution in [0.25, 0.3) is 22.4 Å². The third kappa shape index (κ3) is 3.09. The summed E-state index contributed by atoms with van der Waals surface area (Å²) in [6.45, 7) is 2.96. The minimum Gasteiger partial charge on any atom is -0.339 e. The van der Waals surface area contributed by atoms with Crippen LogP contribution in [0.5, 0.6) is 0 Å². The van der Waals surface area contributed by atoms with E-state index in [0.29, 0.717) is 41.8 Å². The average molecular weight is 424 g/mol. The van der Waals surface area contributed by atoms with E-state index in [2.05, 4.69) is 15.1 Å². The Morgan fingerprint density at radius 1 is 1.23 bits per heavy atom. The summed E-state index contributed by atoms with van der Waals surface area (Å²) in [5, 5.41) is 4.67. The molecule has 9 heteroatoms. The number of benzene rings is 2. The van der Waals surface area contributed by atoms with Gasteiger partial charge in [-0.25, -0.2) is 4.79 Å². The molecule has 0 unspecified atom stereocenters. The Morgan fingerprint density at radius 2 is 2.10 bits per heavy atom. The molecule has 1 aliphatic heterocycles. The summed E-state index contributed by atoms with van der Waals surface area (Å²) >= 11 is 6.06. The van der Waals surface area contributed by atoms with Gasteiger partial charge in [0, 0.05) is 35.8 Å². The summed E-state index contributed by atoms with van der Waals surface area (Å²) in [5.74, 6) is 0.637. The lowest BCUT2D eigenvalue weighted by atomic mass is 10.1. The molecule has 5 rings (SSSR count). The molecule has 1 saturated heterocycles. The molecule has 4 aromatic rings. The van der Waals surface area contributed by atoms with Gasteiger partial charge in [-0.15, -0.1) is 0 Å². The number of amides is 1. The van der Waals surface area contributed by atoms with Crippen molar-refractivity contribution in [1.29, 1.82) is 0 Å². The predicted molar refractivity (Wildman–Crippen MR) is 113 cm³/mol. The fourth-order valence-corrected chi connectivity index (χ4v) is 4.09. The molecule has 0 aliphatic carbocycles. The van der Waals surface area contributed by atoms with E-state index >= 15 is 0 Å². The van der Waals surface area contributed by atoms with Crippen LogP contribution in [0.15, 0.2) is 51.8 Å². The lowest BCUT2D eigenvalue weighted by Gasteiger charge is -2.16. The molecular weight excluding hydrogens is 406 g/mol. The van der Waals surface area contributed by atoms with Crippen molar-refractivity contribution in [3.8, 4) is 11.4 Å². The maximum atomic E-state index is 12.5. The second kappa shape index (κ2) is 7.14. The van der Waals surface area contributed by atoms with Crippen LogP contribution >= 0.6 is 11.6 Å². The molecule has 1 atom stereocenters. The first-order valence-electron chi connectivity index (χ1n) is 9.66. The van der Waals surface area contributed by atoms with Crippen LogP contribution in [-0.2, 0) is 11.3 Å². The molecule has 1 N–H and O–H groups in total. The van der Waals surface area contributed by atoms with Crippen LogP contribution in [-0.4, -0.2) is 32.1 Å². The van der Waals surface area contributed by atoms with Crippen LogP contribution in [0, 0.1) is 0 Å². The Kier molecular flexibility index (Phi) is 4.43. The van der Waals surface area contributed by atoms with Crippen LogP contribution < -0.4 is 10.6 Å². The Balaban J connectivity index is 1.41. The maximum absolute atomic E-state index is 12.5. The first kappa shape index (κ1) is 18.6. The zero-order valence-electron chi connectivity index (χ0n) is 16.1. The molecule has 2 aromatic heterocycles. The van der Waals surface area contributed by atoms with E-state index in [1.54, 1.807) is 21.6 Å². The smallest absolute Gasteiger partial charge is 0.326 e. The Morgan fingerprint density at radius 3 is 2.90 bits per heavy atom. The number of halogens is 1. The van der Waals surface area contributed by atoms with Crippen molar-refractivity contribution in [3.05, 3.63) is 63.9 Å². The highest BCUT2D eigenvalue weighted by Crippen LogP contribution is 2.33. The maximum Gasteiger partial charge on any atom is 0.326 e. The first-order chi connectivity index (χ1) is 14.5. The van der Waals surface area contributed by atoms with E-state index in [1.807, 2.05) is 37.3 Å². The van der Waals surface area contributed by atoms with Gasteiger partial charge in [0.2, 0.25) is 17.6 Å². The Labute approximate surface area is 176 Å². The topological polar surface area (TPSA) is 97.0 Å². The highest BCUT2D eigenvalue weighted by atomic mass is 35.5. The van der Waals surface area contributed by atoms with E-state index in [0.717, 1.165) is 16.8 Å². The third-order valence-electron chi connectivity index (χ3n) is 5.38. The fourth-order valence-electron chi connectivity index (χ4n) is 3.90. The molecule has 1 amide bonds. The standard InChI is InChI=1S/C21H18ClN5O3/c1-2-26-17-7-6-12(8-16(17)23-21(26)29)19-24-20(30-25-19)13-9-18(28)27(11-13)15-5-3-4-14(22)10-15/h3-8,10,13H,2,9,11H2,1H3,(H,23,29)/t13-/m1/s1. The van der Waals surface area contributed by atoms with Gasteiger partial charge in [-0.1, -0.05) is 22.8 Å². The summed E-state index contributed by atoms with van der Waals surface area (Å²) in [7, 11) is 0. The lowest BCUT2D eigenvalue weighted by molar-refractivity contribution is -0.117. The van der Waals surface area contributed by atoms with Crippen LogP contribution in [0.2, 0.25) is 5.02 Å². The minimum atomic E-state index is -0.192. The van der Waals surface area contributed by atoms with Crippen LogP contribution in [0.1, 0.15) is 25.2 Å². The molecule has 0 saturated carbocycles. The lowest BCUT2D eigenvalue weighted by Crippen LogP contribution is -2.24. The number of aromatic amines is 1. The molecule has 8 nitrogen and oxygen atoms in total. The highest BCUT2D eigenvalue weighted by Gasteiger charge is 2.35. The summed E-state index contributed by atoms with van der Waals surface area (Å²) < 4.78 is 7.14. The molecule has 152 valence electrons. The van der Waals surface area contributed by atoms with Crippen molar-refractivity contribution in [2.45, 2.75) is 25.8 Å². The number of hydrogen-bond acceptors (Lipinski definition) is 5. The number of imidazole rings is 1. The quantitative estimate of drug-likeness (QED) is 0.541. The highest BCUT2D eigenvalue weighted by molar-refractivity contribution is 6.30. The van der Waals surface area contributed by atoms with Crippen molar-refractivity contribution >= 4 is 34.2 Å². The zero-order valence-corrected chi connectivity index (χ0v) is 16.9. The fraction of sp³-hybridized carbons (Fsp3) is 0.238. The first-order valence-corrected chi connectivity index (χ1v) is 10.0. The van der Waals surface area contributed by atoms with E-state index in [4.69, 9.17) is 16.1 Å². The molecule has 0 radical (unpaired) electrons. The average Bonchev–Trinajstić information content (AvgIpc) is 3.43. The van der Waals surface area contributed by atoms with Gasteiger partial charge < -0.3 is 14.4 Å². The van der Waals surface area contributed by atoms with Crippen molar-refractivity contribution in [3.63, 3.8) is 0 Å². The second-order valence-electron chi connectivity index (χ2n) is 7.25. The third-order valence-corrected chi connectivity index (χ3v) is 5.62. The van der Waals surface area contributed by atoms with E-state index < -0.39 is 0 Å². The van der Waals surface area contributed by atoms with Gasteiger partial charge in [0.15, 0.2) is 0 Å². The normalized spacial score (nSPS) is 16.7. The van der Waals surface area contributed by atoms with Crippen molar-refractivity contribution in [2.24, 2.45) is 0 Å². The van der Waals surface area contributed by atoms with E-state index in [-0.39, 0.29) is 17.5 Å². The number of fused-ring (bicyclic) bond motifs is 1. The number of carbonyl (C=O) groups excluding carboxylic acids is 1. The van der Waals surface area contributed by atoms with Crippen molar-refractivity contribution in [1.82, 2.24) is 19.7 Å². The molecule has 0 spiro atoms. The van der Waals surface area contributed by atoms with Gasteiger partial charge in [-0.3, -0.25) is 9.36 Å². The second-order valence-corrected chi connectivity index (χ2v) is 7.68. The summed E-state index contributed by atoms with van der Waals surface area (Å²) in [5.41, 5.74) is 2.88. The van der Waals surface area contributed by atoms with Gasteiger partial charge in [-0.05, 0) is 43.3 Å². The number of rotatable bonds is 4. The van der Waals surface area contributed by atoms with Crippen LogP contribution in [0.4, 0.5) is 5.69 Å². The summed E-state index contributed by atoms with van der Waals surface area (Å²) in [6, 6.07) is 12.7. The van der Waals surface area contributed by atoms with Gasteiger partial charge in [0.25, 0.3) is 0 Å². The molecule has 30 heavy (non-hydrogen) atoms. The van der Waals surface area contributed by atoms with E-state index in [1.165, 1.54) is 0 Å². The Hall–Kier alpha value is -3.39. The zero-order chi connectivity index (χ0) is 20.8. The molecule has 0 bridgehead atoms. The molecule has 2 aromatic carbocycles. The number of aryl methyl sites for hydroxylation is 1. The van der Waals surface area contributed by atoms with Gasteiger partial charge in [0.05, 0.1) is 17.0 Å². The number of nitrogens with one attached hydrogen (secondary N) is 1. The van der Waals surface area contributed by atoms with Crippen molar-refractivity contribution in [2.75, 3.05) is 11.4 Å². The number of anilines is 1. The minimum absolute atomic E-state index is 0.0121. The van der Waals surface area contributed by atoms with Crippen molar-refractivity contribution < 1.29 is 9.32 Å². The number of nitrogens with zero attached hydrogens (tertiary/aromatic N) is 4. The number of hydrogen-bond donors (Lipinski definition) is 1. The molecule has 1 fully saturated rings. The number of carbonyl (C=O) groups is 1. The largest absolute Gasteiger partial charge is 0.339 e. The number of H-pyrrole nitrogens is 1. The van der Waals surface area contributed by atoms with Gasteiger partial charge in [0.1, 0.15) is 0 Å². The summed E-state index contributed by atoms with van der Waals surface area (Å²) in [6.07, 6.45) is 0.292. The van der Waals surface area contributed by atoms with Gasteiger partial charge >= 0.3 is 5.69 Å². The molecule has 3 heterocycles. The molecule has 1 aliphatic rings. The van der Waals surface area contributed by atoms with Crippen LogP contribution in [0.3, 0.4) is 0 Å². The monoisotopic (exact) mass is 423 g/mol. The predicted octanol–water partition coefficient (Wildman–Crippen LogP) is 3.57.